The second kappa shape index (κ2) is 9.01. The molecule has 2 heterocycles. The van der Waals surface area contributed by atoms with Gasteiger partial charge in [-0.1, -0.05) is 12.9 Å². The summed E-state index contributed by atoms with van der Waals surface area (Å²) >= 11 is 0. The van der Waals surface area contributed by atoms with Crippen molar-refractivity contribution in [1.82, 2.24) is 4.90 Å². The first kappa shape index (κ1) is 20.0. The molecule has 0 N–H and O–H groups in total. The number of benzene rings is 2. The second-order valence-corrected chi connectivity index (χ2v) is 7.20. The summed E-state index contributed by atoms with van der Waals surface area (Å²) in [4.78, 5) is 21.9. The zero-order valence-corrected chi connectivity index (χ0v) is 16.8. The van der Waals surface area contributed by atoms with E-state index >= 15 is 0 Å². The van der Waals surface area contributed by atoms with Crippen LogP contribution in [0.15, 0.2) is 41.4 Å². The van der Waals surface area contributed by atoms with E-state index < -0.39 is 0 Å². The maximum Gasteiger partial charge on any atom is 0.324 e. The molecule has 152 valence electrons. The largest absolute Gasteiger partial charge is 0.495 e. The first-order valence-corrected chi connectivity index (χ1v) is 9.96. The minimum absolute atomic E-state index is 0.0975. The highest BCUT2D eigenvalue weighted by atomic mass is 16.5. The number of ether oxygens (including phenoxy) is 2. The van der Waals surface area contributed by atoms with Crippen molar-refractivity contribution in [2.45, 2.75) is 19.9 Å². The summed E-state index contributed by atoms with van der Waals surface area (Å²) in [5.74, 6) is 1.45. The first-order chi connectivity index (χ1) is 14.6. The van der Waals surface area contributed by atoms with Gasteiger partial charge in [-0.3, -0.25) is 9.79 Å². The molecule has 7 nitrogen and oxygen atoms in total. The molecule has 0 atom stereocenters. The number of aliphatic imine (C=N–C) groups is 1. The molecule has 30 heavy (non-hydrogen) atoms. The van der Waals surface area contributed by atoms with Gasteiger partial charge in [0.15, 0.2) is 6.61 Å². The van der Waals surface area contributed by atoms with E-state index in [-0.39, 0.29) is 19.4 Å². The number of hydrogen-bond acceptors (Lipinski definition) is 5. The quantitative estimate of drug-likeness (QED) is 0.569. The lowest BCUT2D eigenvalue weighted by Crippen LogP contribution is -2.36. The van der Waals surface area contributed by atoms with Crippen LogP contribution in [0.3, 0.4) is 0 Å². The Morgan fingerprint density at radius 2 is 2.10 bits per heavy atom. The lowest BCUT2D eigenvalue weighted by molar-refractivity contribution is -0.133. The van der Waals surface area contributed by atoms with Crippen molar-refractivity contribution in [2.75, 3.05) is 26.2 Å². The van der Waals surface area contributed by atoms with Crippen molar-refractivity contribution in [3.8, 4) is 17.2 Å². The maximum atomic E-state index is 12.5. The average molecular weight is 403 g/mol. The Morgan fingerprint density at radius 1 is 1.27 bits per heavy atom. The summed E-state index contributed by atoms with van der Waals surface area (Å²) in [6.07, 6.45) is 2.59. The Bertz CT molecular complexity index is 1010. The molecule has 0 bridgehead atoms. The van der Waals surface area contributed by atoms with E-state index in [1.165, 1.54) is 5.46 Å². The van der Waals surface area contributed by atoms with Crippen LogP contribution in [-0.4, -0.2) is 50.2 Å². The number of nitrogens with zero attached hydrogens (tertiary/aromatic N) is 3. The predicted octanol–water partition coefficient (Wildman–Crippen LogP) is 3.07. The highest BCUT2D eigenvalue weighted by Crippen LogP contribution is 2.34. The van der Waals surface area contributed by atoms with Crippen molar-refractivity contribution < 1.29 is 18.9 Å². The Kier molecular flexibility index (Phi) is 6.01. The second-order valence-electron chi connectivity index (χ2n) is 7.20. The summed E-state index contributed by atoms with van der Waals surface area (Å²) in [5, 5.41) is 0. The third-order valence-corrected chi connectivity index (χ3v) is 5.19. The molecule has 0 fully saturated rings. The minimum Gasteiger partial charge on any atom is -0.495 e. The van der Waals surface area contributed by atoms with E-state index in [2.05, 4.69) is 9.84 Å². The topological polar surface area (TPSA) is 64.7 Å². The number of rotatable bonds is 5. The van der Waals surface area contributed by atoms with E-state index in [0.717, 1.165) is 12.0 Å². The van der Waals surface area contributed by atoms with Gasteiger partial charge in [-0.15, -0.1) is 0 Å². The zero-order chi connectivity index (χ0) is 20.9. The molecule has 2 aliphatic heterocycles. The highest BCUT2D eigenvalue weighted by Gasteiger charge is 2.23. The molecule has 2 aromatic carbocycles. The molecule has 0 saturated heterocycles. The molecule has 1 amide bonds. The van der Waals surface area contributed by atoms with Crippen LogP contribution < -0.4 is 14.9 Å². The van der Waals surface area contributed by atoms with Crippen molar-refractivity contribution >= 4 is 30.2 Å². The van der Waals surface area contributed by atoms with Crippen LogP contribution >= 0.6 is 0 Å². The number of carbonyl (C=O) groups is 1. The molecule has 0 unspecified atom stereocenters. The molecular formula is C22H22BN3O4. The lowest BCUT2D eigenvalue weighted by Gasteiger charge is -2.20. The monoisotopic (exact) mass is 403 g/mol. The van der Waals surface area contributed by atoms with Crippen LogP contribution in [0.4, 0.5) is 5.69 Å². The number of hydrogen-bond donors (Lipinski definition) is 0. The highest BCUT2D eigenvalue weighted by molar-refractivity contribution is 6.67. The van der Waals surface area contributed by atoms with E-state index in [1.54, 1.807) is 23.1 Å². The number of amides is 1. The molecule has 4 rings (SSSR count). The Morgan fingerprint density at radius 3 is 2.97 bits per heavy atom. The van der Waals surface area contributed by atoms with Crippen LogP contribution in [0.2, 0.25) is 6.82 Å². The van der Waals surface area contributed by atoms with Crippen molar-refractivity contribution in [3.05, 3.63) is 53.4 Å². The summed E-state index contributed by atoms with van der Waals surface area (Å²) < 4.78 is 17.3. The van der Waals surface area contributed by atoms with Gasteiger partial charge in [-0.05, 0) is 41.7 Å². The minimum atomic E-state index is -0.125. The molecule has 0 aromatic heterocycles. The van der Waals surface area contributed by atoms with Gasteiger partial charge < -0.3 is 19.0 Å². The van der Waals surface area contributed by atoms with Gasteiger partial charge in [0.1, 0.15) is 17.2 Å². The smallest absolute Gasteiger partial charge is 0.324 e. The Hall–Kier alpha value is -3.31. The molecule has 0 saturated carbocycles. The molecule has 2 aromatic rings. The summed E-state index contributed by atoms with van der Waals surface area (Å²) in [7, 11) is 0. The van der Waals surface area contributed by atoms with Crippen LogP contribution in [-0.2, 0) is 16.1 Å². The average Bonchev–Trinajstić information content (AvgIpc) is 2.95. The van der Waals surface area contributed by atoms with Gasteiger partial charge in [0, 0.05) is 25.4 Å². The van der Waals surface area contributed by atoms with Crippen LogP contribution in [0.5, 0.6) is 17.2 Å². The Labute approximate surface area is 176 Å². The van der Waals surface area contributed by atoms with Crippen molar-refractivity contribution in [2.24, 2.45) is 4.99 Å². The molecule has 8 heteroatoms. The third-order valence-electron chi connectivity index (χ3n) is 5.19. The van der Waals surface area contributed by atoms with Gasteiger partial charge in [-0.2, -0.15) is 0 Å². The van der Waals surface area contributed by atoms with E-state index in [0.29, 0.717) is 49.2 Å². The fourth-order valence-electron chi connectivity index (χ4n) is 3.54. The lowest BCUT2D eigenvalue weighted by atomic mass is 9.64. The van der Waals surface area contributed by atoms with Gasteiger partial charge in [0.2, 0.25) is 5.69 Å². The fraction of sp³-hybridized carbons (Fsp3) is 0.318. The molecular weight excluding hydrogens is 381 g/mol. The van der Waals surface area contributed by atoms with E-state index in [1.807, 2.05) is 31.2 Å². The summed E-state index contributed by atoms with van der Waals surface area (Å²) in [5.41, 5.74) is 2.62. The number of carbonyl (C=O) groups excluding carboxylic acids is 1. The molecule has 0 radical (unpaired) electrons. The van der Waals surface area contributed by atoms with Gasteiger partial charge in [0.05, 0.1) is 19.7 Å². The van der Waals surface area contributed by atoms with Gasteiger partial charge in [0.25, 0.3) is 5.91 Å². The molecule has 2 aliphatic rings. The van der Waals surface area contributed by atoms with Crippen molar-refractivity contribution in [1.29, 1.82) is 0 Å². The van der Waals surface area contributed by atoms with Gasteiger partial charge in [-0.25, -0.2) is 4.85 Å². The van der Waals surface area contributed by atoms with Crippen molar-refractivity contribution in [3.63, 3.8) is 0 Å². The predicted molar refractivity (Wildman–Crippen MR) is 115 cm³/mol. The Balaban J connectivity index is 1.44. The first-order valence-electron chi connectivity index (χ1n) is 9.96. The summed E-state index contributed by atoms with van der Waals surface area (Å²) in [6.45, 7) is 11.8. The molecule has 0 aliphatic carbocycles. The number of fused-ring (bicyclic) bond motifs is 1. The SMILES string of the molecule is [C-]#[N+]c1ccc(Oc2ccc3c(c2)COB3C)cc1OCC(=O)N1CCC=NCC1. The maximum absolute atomic E-state index is 12.5. The van der Waals surface area contributed by atoms with Crippen LogP contribution in [0.25, 0.3) is 4.85 Å². The normalized spacial score (nSPS) is 15.3. The van der Waals surface area contributed by atoms with Gasteiger partial charge >= 0.3 is 6.92 Å². The standard InChI is InChI=1S/C22H22BN3O4/c1-23-19-6-4-17(12-16(19)14-29-23)30-18-5-7-20(24-2)21(13-18)28-15-22(27)26-10-3-8-25-9-11-26/h4-8,12-13H,3,9-11,14-15H2,1H3. The van der Waals surface area contributed by atoms with Crippen LogP contribution in [0, 0.1) is 6.57 Å². The summed E-state index contributed by atoms with van der Waals surface area (Å²) in [6, 6.07) is 10.9. The zero-order valence-electron chi connectivity index (χ0n) is 16.8. The van der Waals surface area contributed by atoms with E-state index in [9.17, 15) is 4.79 Å². The third kappa shape index (κ3) is 4.47. The van der Waals surface area contributed by atoms with E-state index in [4.69, 9.17) is 20.7 Å². The van der Waals surface area contributed by atoms with Crippen LogP contribution in [0.1, 0.15) is 12.0 Å². The molecule has 0 spiro atoms. The fourth-order valence-corrected chi connectivity index (χ4v) is 3.54.